The van der Waals surface area contributed by atoms with E-state index in [0.717, 1.165) is 12.8 Å². The van der Waals surface area contributed by atoms with Crippen molar-refractivity contribution in [2.45, 2.75) is 38.5 Å². The summed E-state index contributed by atoms with van der Waals surface area (Å²) < 4.78 is 19.4. The Morgan fingerprint density at radius 3 is 3.00 bits per heavy atom. The van der Waals surface area contributed by atoms with Gasteiger partial charge in [-0.1, -0.05) is 18.1 Å². The summed E-state index contributed by atoms with van der Waals surface area (Å²) in [4.78, 5) is 11.7. The fraction of sp³-hybridized carbons (Fsp3) is 0.438. The minimum Gasteiger partial charge on any atom is -0.477 e. The molecule has 1 fully saturated rings. The predicted octanol–water partition coefficient (Wildman–Crippen LogP) is 1.59. The second-order valence-corrected chi connectivity index (χ2v) is 5.07. The van der Waals surface area contributed by atoms with E-state index in [1.165, 1.54) is 6.07 Å². The molecule has 1 saturated carbocycles. The van der Waals surface area contributed by atoms with Crippen LogP contribution in [0.4, 0.5) is 4.39 Å². The van der Waals surface area contributed by atoms with Gasteiger partial charge in [-0.25, -0.2) is 4.39 Å². The van der Waals surface area contributed by atoms with Crippen LogP contribution in [0, 0.1) is 18.2 Å². The van der Waals surface area contributed by atoms with Crippen molar-refractivity contribution >= 4 is 5.91 Å². The quantitative estimate of drug-likeness (QED) is 0.750. The number of benzene rings is 1. The number of carbonyl (C=O) groups excluding carboxylic acids is 1. The first-order chi connectivity index (χ1) is 10.1. The highest BCUT2D eigenvalue weighted by Gasteiger charge is 2.22. The molecule has 2 N–H and O–H groups in total. The van der Waals surface area contributed by atoms with Gasteiger partial charge in [0.25, 0.3) is 5.91 Å². The zero-order valence-corrected chi connectivity index (χ0v) is 12.0. The molecule has 2 rings (SSSR count). The molecule has 0 bridgehead atoms. The molecule has 0 spiro atoms. The van der Waals surface area contributed by atoms with Crippen LogP contribution in [0.1, 0.15) is 25.3 Å². The summed E-state index contributed by atoms with van der Waals surface area (Å²) in [6.07, 6.45) is 6.57. The van der Waals surface area contributed by atoms with Crippen molar-refractivity contribution in [2.75, 3.05) is 6.54 Å². The minimum atomic E-state index is -0.810. The SMILES string of the molecule is C#CCNC(=O)C(C)Oc1c(F)cccc1CNC1CC1. The lowest BCUT2D eigenvalue weighted by molar-refractivity contribution is -0.127. The molecule has 1 aromatic rings. The summed E-state index contributed by atoms with van der Waals surface area (Å²) in [6.45, 7) is 2.22. The number of terminal acetylenes is 1. The van der Waals surface area contributed by atoms with Crippen LogP contribution in [-0.4, -0.2) is 24.6 Å². The van der Waals surface area contributed by atoms with Crippen molar-refractivity contribution in [1.29, 1.82) is 0 Å². The molecule has 1 atom stereocenters. The van der Waals surface area contributed by atoms with Gasteiger partial charge in [-0.3, -0.25) is 4.79 Å². The molecule has 5 heteroatoms. The first-order valence-corrected chi connectivity index (χ1v) is 7.00. The van der Waals surface area contributed by atoms with E-state index in [4.69, 9.17) is 11.2 Å². The van der Waals surface area contributed by atoms with Crippen LogP contribution in [-0.2, 0) is 11.3 Å². The van der Waals surface area contributed by atoms with Crippen molar-refractivity contribution in [3.05, 3.63) is 29.6 Å². The zero-order valence-electron chi connectivity index (χ0n) is 12.0. The average Bonchev–Trinajstić information content (AvgIpc) is 3.29. The van der Waals surface area contributed by atoms with Crippen molar-refractivity contribution in [3.8, 4) is 18.1 Å². The maximum absolute atomic E-state index is 13.9. The lowest BCUT2D eigenvalue weighted by Crippen LogP contribution is -2.36. The molecule has 21 heavy (non-hydrogen) atoms. The summed E-state index contributed by atoms with van der Waals surface area (Å²) >= 11 is 0. The van der Waals surface area contributed by atoms with E-state index in [0.29, 0.717) is 18.2 Å². The molecule has 1 aliphatic carbocycles. The van der Waals surface area contributed by atoms with Gasteiger partial charge in [0.2, 0.25) is 0 Å². The lowest BCUT2D eigenvalue weighted by Gasteiger charge is -2.17. The first-order valence-electron chi connectivity index (χ1n) is 7.00. The number of hydrogen-bond donors (Lipinski definition) is 2. The molecule has 1 unspecified atom stereocenters. The van der Waals surface area contributed by atoms with Crippen molar-refractivity contribution in [2.24, 2.45) is 0 Å². The Balaban J connectivity index is 2.02. The van der Waals surface area contributed by atoms with E-state index >= 15 is 0 Å². The third-order valence-electron chi connectivity index (χ3n) is 3.24. The minimum absolute atomic E-state index is 0.119. The van der Waals surface area contributed by atoms with Gasteiger partial charge in [-0.05, 0) is 25.8 Å². The Hall–Kier alpha value is -2.06. The Labute approximate surface area is 124 Å². The van der Waals surface area contributed by atoms with Gasteiger partial charge in [0.05, 0.1) is 6.54 Å². The molecule has 0 radical (unpaired) electrons. The van der Waals surface area contributed by atoms with Crippen LogP contribution in [0.3, 0.4) is 0 Å². The summed E-state index contributed by atoms with van der Waals surface area (Å²) in [5.41, 5.74) is 0.707. The molecule has 4 nitrogen and oxygen atoms in total. The van der Waals surface area contributed by atoms with Crippen molar-refractivity contribution in [1.82, 2.24) is 10.6 Å². The number of nitrogens with one attached hydrogen (secondary N) is 2. The van der Waals surface area contributed by atoms with E-state index in [2.05, 4.69) is 16.6 Å². The number of rotatable bonds is 7. The Morgan fingerprint density at radius 2 is 2.33 bits per heavy atom. The number of halogens is 1. The molecule has 0 heterocycles. The molecule has 112 valence electrons. The molecular weight excluding hydrogens is 271 g/mol. The fourth-order valence-corrected chi connectivity index (χ4v) is 1.88. The number of amides is 1. The number of para-hydroxylation sites is 1. The topological polar surface area (TPSA) is 50.4 Å². The van der Waals surface area contributed by atoms with Gasteiger partial charge >= 0.3 is 0 Å². The molecule has 1 aromatic carbocycles. The van der Waals surface area contributed by atoms with Gasteiger partial charge in [0, 0.05) is 18.2 Å². The maximum atomic E-state index is 13.9. The molecule has 1 aliphatic rings. The summed E-state index contributed by atoms with van der Waals surface area (Å²) in [7, 11) is 0. The number of ether oxygens (including phenoxy) is 1. The Kier molecular flexibility index (Phi) is 5.18. The zero-order chi connectivity index (χ0) is 15.2. The van der Waals surface area contributed by atoms with E-state index in [-0.39, 0.29) is 18.2 Å². The number of hydrogen-bond acceptors (Lipinski definition) is 3. The second kappa shape index (κ2) is 7.09. The molecule has 0 aliphatic heterocycles. The first kappa shape index (κ1) is 15.3. The van der Waals surface area contributed by atoms with Gasteiger partial charge in [0.1, 0.15) is 0 Å². The highest BCUT2D eigenvalue weighted by Crippen LogP contribution is 2.26. The van der Waals surface area contributed by atoms with E-state index in [9.17, 15) is 9.18 Å². The summed E-state index contributed by atoms with van der Waals surface area (Å²) in [5, 5.41) is 5.82. The third kappa shape index (κ3) is 4.47. The predicted molar refractivity (Wildman–Crippen MR) is 78.2 cm³/mol. The number of carbonyl (C=O) groups is 1. The Morgan fingerprint density at radius 1 is 1.57 bits per heavy atom. The second-order valence-electron chi connectivity index (χ2n) is 5.07. The normalized spacial score (nSPS) is 15.1. The smallest absolute Gasteiger partial charge is 0.261 e. The fourth-order valence-electron chi connectivity index (χ4n) is 1.88. The van der Waals surface area contributed by atoms with E-state index < -0.39 is 11.9 Å². The van der Waals surface area contributed by atoms with Gasteiger partial charge < -0.3 is 15.4 Å². The van der Waals surface area contributed by atoms with Gasteiger partial charge in [0.15, 0.2) is 17.7 Å². The van der Waals surface area contributed by atoms with Crippen molar-refractivity contribution in [3.63, 3.8) is 0 Å². The average molecular weight is 290 g/mol. The van der Waals surface area contributed by atoms with Gasteiger partial charge in [-0.2, -0.15) is 0 Å². The van der Waals surface area contributed by atoms with Crippen LogP contribution >= 0.6 is 0 Å². The summed E-state index contributed by atoms with van der Waals surface area (Å²) in [5.74, 6) is 1.59. The lowest BCUT2D eigenvalue weighted by atomic mass is 10.2. The van der Waals surface area contributed by atoms with Crippen LogP contribution in [0.5, 0.6) is 5.75 Å². The van der Waals surface area contributed by atoms with Crippen LogP contribution in [0.25, 0.3) is 0 Å². The van der Waals surface area contributed by atoms with Crippen LogP contribution < -0.4 is 15.4 Å². The van der Waals surface area contributed by atoms with E-state index in [1.54, 1.807) is 19.1 Å². The maximum Gasteiger partial charge on any atom is 0.261 e. The summed E-state index contributed by atoms with van der Waals surface area (Å²) in [6, 6.07) is 5.26. The standard InChI is InChI=1S/C16H19FN2O2/c1-3-9-18-16(20)11(2)21-15-12(5-4-6-14(15)17)10-19-13-7-8-13/h1,4-6,11,13,19H,7-10H2,2H3,(H,18,20). The van der Waals surface area contributed by atoms with Gasteiger partial charge in [-0.15, -0.1) is 6.42 Å². The largest absolute Gasteiger partial charge is 0.477 e. The Bertz CT molecular complexity index is 550. The monoisotopic (exact) mass is 290 g/mol. The molecule has 1 amide bonds. The highest BCUT2D eigenvalue weighted by molar-refractivity contribution is 5.80. The van der Waals surface area contributed by atoms with Crippen molar-refractivity contribution < 1.29 is 13.9 Å². The molecule has 0 aromatic heterocycles. The molecular formula is C16H19FN2O2. The highest BCUT2D eigenvalue weighted by atomic mass is 19.1. The third-order valence-corrected chi connectivity index (χ3v) is 3.24. The molecule has 0 saturated heterocycles. The van der Waals surface area contributed by atoms with Crippen LogP contribution in [0.15, 0.2) is 18.2 Å². The van der Waals surface area contributed by atoms with E-state index in [1.807, 2.05) is 0 Å². The van der Waals surface area contributed by atoms with Crippen LogP contribution in [0.2, 0.25) is 0 Å².